The van der Waals surface area contributed by atoms with E-state index in [1.54, 1.807) is 30.3 Å². The van der Waals surface area contributed by atoms with Crippen LogP contribution in [-0.2, 0) is 22.5 Å². The first-order chi connectivity index (χ1) is 20.0. The molecule has 0 atom stereocenters. The van der Waals surface area contributed by atoms with Crippen LogP contribution < -0.4 is 10.3 Å². The van der Waals surface area contributed by atoms with Gasteiger partial charge >= 0.3 is 0 Å². The van der Waals surface area contributed by atoms with E-state index in [2.05, 4.69) is 11.6 Å². The van der Waals surface area contributed by atoms with Gasteiger partial charge in [0, 0.05) is 70.1 Å². The molecular formula is C30H25FN4O4S2. The molecule has 11 heteroatoms. The largest absolute Gasteiger partial charge is 0.490 e. The van der Waals surface area contributed by atoms with E-state index >= 15 is 0 Å². The van der Waals surface area contributed by atoms with Gasteiger partial charge in [0.15, 0.2) is 0 Å². The average molecular weight is 589 g/mol. The summed E-state index contributed by atoms with van der Waals surface area (Å²) in [6.07, 6.45) is 3.60. The van der Waals surface area contributed by atoms with E-state index in [-0.39, 0.29) is 18.1 Å². The number of ether oxygens (including phenoxy) is 2. The first kappa shape index (κ1) is 27.0. The Hall–Kier alpha value is -4.19. The molecule has 41 heavy (non-hydrogen) atoms. The number of fused-ring (bicyclic) bond motifs is 2. The maximum absolute atomic E-state index is 14.5. The van der Waals surface area contributed by atoms with Crippen molar-refractivity contribution in [3.05, 3.63) is 87.4 Å². The molecule has 1 aliphatic rings. The lowest BCUT2D eigenvalue weighted by atomic mass is 9.98. The molecule has 0 radical (unpaired) electrons. The number of nitrogens with one attached hydrogen (secondary N) is 1. The van der Waals surface area contributed by atoms with Crippen LogP contribution in [-0.4, -0.2) is 52.6 Å². The van der Waals surface area contributed by atoms with Gasteiger partial charge in [-0.3, -0.25) is 9.59 Å². The lowest BCUT2D eigenvalue weighted by Crippen LogP contribution is -2.34. The number of pyridine rings is 2. The van der Waals surface area contributed by atoms with Gasteiger partial charge in [-0.15, -0.1) is 22.7 Å². The molecule has 0 unspecified atom stereocenters. The molecule has 5 heterocycles. The summed E-state index contributed by atoms with van der Waals surface area (Å²) in [5, 5.41) is 3.55. The van der Waals surface area contributed by atoms with E-state index < -0.39 is 5.82 Å². The fourth-order valence-electron chi connectivity index (χ4n) is 4.88. The molecule has 6 rings (SSSR count). The number of rotatable bonds is 8. The summed E-state index contributed by atoms with van der Waals surface area (Å²) in [5.74, 6) is -0.158. The lowest BCUT2D eigenvalue weighted by molar-refractivity contribution is -0.126. The molecule has 0 spiro atoms. The fraction of sp³-hybridized carbons (Fsp3) is 0.200. The number of aromatic nitrogens is 3. The number of hydrogen-bond acceptors (Lipinski definition) is 8. The van der Waals surface area contributed by atoms with Crippen molar-refractivity contribution in [3.8, 4) is 38.8 Å². The molecule has 208 valence electrons. The zero-order valence-electron chi connectivity index (χ0n) is 22.1. The van der Waals surface area contributed by atoms with Gasteiger partial charge in [-0.05, 0) is 35.7 Å². The number of nitrogens with zero attached hydrogens (tertiary/aromatic N) is 3. The Kier molecular flexibility index (Phi) is 7.48. The number of H-pyrrole nitrogens is 1. The molecule has 0 fully saturated rings. The summed E-state index contributed by atoms with van der Waals surface area (Å²) in [6.45, 7) is 5.22. The van der Waals surface area contributed by atoms with Crippen molar-refractivity contribution in [1.82, 2.24) is 19.9 Å². The van der Waals surface area contributed by atoms with Crippen LogP contribution in [0, 0.1) is 5.82 Å². The Morgan fingerprint density at radius 2 is 2.07 bits per heavy atom. The summed E-state index contributed by atoms with van der Waals surface area (Å²) < 4.78 is 26.5. The normalized spacial score (nSPS) is 12.9. The predicted octanol–water partition coefficient (Wildman–Crippen LogP) is 5.68. The zero-order valence-corrected chi connectivity index (χ0v) is 23.7. The van der Waals surface area contributed by atoms with Crippen LogP contribution in [0.5, 0.6) is 5.75 Å². The average Bonchev–Trinajstić information content (AvgIpc) is 3.64. The maximum atomic E-state index is 14.5. The second-order valence-corrected chi connectivity index (χ2v) is 11.4. The molecule has 1 aliphatic heterocycles. The minimum Gasteiger partial charge on any atom is -0.490 e. The third-order valence-electron chi connectivity index (χ3n) is 6.84. The maximum Gasteiger partial charge on any atom is 0.247 e. The zero-order chi connectivity index (χ0) is 28.5. The van der Waals surface area contributed by atoms with Gasteiger partial charge in [0.2, 0.25) is 11.5 Å². The van der Waals surface area contributed by atoms with Gasteiger partial charge in [0.25, 0.3) is 0 Å². The molecule has 0 bridgehead atoms. The summed E-state index contributed by atoms with van der Waals surface area (Å²) in [5.41, 5.74) is 4.24. The summed E-state index contributed by atoms with van der Waals surface area (Å²) >= 11 is 3.03. The number of amides is 1. The Morgan fingerprint density at radius 3 is 2.85 bits per heavy atom. The molecule has 0 saturated heterocycles. The minimum atomic E-state index is -0.417. The first-order valence-corrected chi connectivity index (χ1v) is 14.6. The second-order valence-electron chi connectivity index (χ2n) is 9.37. The van der Waals surface area contributed by atoms with E-state index in [1.165, 1.54) is 46.9 Å². The fourth-order valence-corrected chi connectivity index (χ4v) is 6.95. The van der Waals surface area contributed by atoms with Gasteiger partial charge < -0.3 is 19.4 Å². The van der Waals surface area contributed by atoms with Crippen molar-refractivity contribution in [2.24, 2.45) is 0 Å². The Balaban J connectivity index is 1.59. The highest BCUT2D eigenvalue weighted by Crippen LogP contribution is 2.47. The van der Waals surface area contributed by atoms with Crippen molar-refractivity contribution < 1.29 is 18.7 Å². The monoisotopic (exact) mass is 588 g/mol. The molecule has 8 nitrogen and oxygen atoms in total. The summed E-state index contributed by atoms with van der Waals surface area (Å²) in [7, 11) is 1.58. The number of thiophene rings is 1. The quantitative estimate of drug-likeness (QED) is 0.185. The van der Waals surface area contributed by atoms with Crippen molar-refractivity contribution >= 4 is 38.7 Å². The molecule has 5 aromatic rings. The third-order valence-corrected chi connectivity index (χ3v) is 8.86. The Bertz CT molecular complexity index is 1820. The molecule has 1 aromatic carbocycles. The van der Waals surface area contributed by atoms with E-state index in [0.29, 0.717) is 53.8 Å². The van der Waals surface area contributed by atoms with Crippen LogP contribution >= 0.6 is 22.7 Å². The van der Waals surface area contributed by atoms with E-state index in [4.69, 9.17) is 19.4 Å². The number of aromatic amines is 1. The highest BCUT2D eigenvalue weighted by atomic mass is 32.1. The number of carbonyl (C=O) groups excluding carboxylic acids is 1. The number of hydrogen-bond donors (Lipinski definition) is 1. The number of methoxy groups -OCH3 is 1. The predicted molar refractivity (Wildman–Crippen MR) is 159 cm³/mol. The van der Waals surface area contributed by atoms with Crippen LogP contribution in [0.15, 0.2) is 65.4 Å². The van der Waals surface area contributed by atoms with Crippen LogP contribution in [0.2, 0.25) is 0 Å². The molecule has 4 aromatic heterocycles. The number of thiazole rings is 1. The molecular weight excluding hydrogens is 563 g/mol. The van der Waals surface area contributed by atoms with Gasteiger partial charge in [-0.1, -0.05) is 6.58 Å². The van der Waals surface area contributed by atoms with Crippen molar-refractivity contribution in [2.45, 2.75) is 13.0 Å². The van der Waals surface area contributed by atoms with Gasteiger partial charge in [0.1, 0.15) is 28.9 Å². The molecule has 1 amide bonds. The standard InChI is InChI=1S/C30H25FN4O4S2/c1-3-25(37)35-10-8-21-23(16-35)41-30(33-21)28-26(19-6-5-18(31)14-22(19)39-12-11-38-2)29-20(9-13-40-29)27(34-28)17-4-7-24(36)32-15-17/h3-7,9,13-15H,1,8,10-12,16H2,2H3,(H,32,36). The topological polar surface area (TPSA) is 97.4 Å². The lowest BCUT2D eigenvalue weighted by Gasteiger charge is -2.24. The minimum absolute atomic E-state index is 0.117. The van der Waals surface area contributed by atoms with Gasteiger partial charge in [-0.2, -0.15) is 0 Å². The summed E-state index contributed by atoms with van der Waals surface area (Å²) in [6, 6.07) is 9.68. The second kappa shape index (κ2) is 11.4. The van der Waals surface area contributed by atoms with Gasteiger partial charge in [-0.25, -0.2) is 14.4 Å². The molecule has 1 N–H and O–H groups in total. The van der Waals surface area contributed by atoms with Crippen LogP contribution in [0.1, 0.15) is 10.6 Å². The third kappa shape index (κ3) is 5.19. The molecule has 0 saturated carbocycles. The van der Waals surface area contributed by atoms with E-state index in [9.17, 15) is 14.0 Å². The van der Waals surface area contributed by atoms with Crippen molar-refractivity contribution in [1.29, 1.82) is 0 Å². The number of carbonyl (C=O) groups is 1. The van der Waals surface area contributed by atoms with E-state index in [0.717, 1.165) is 31.8 Å². The number of halogens is 1. The SMILES string of the molecule is C=CC(=O)N1CCc2nc(-c3nc(-c4ccc(=O)[nH]c4)c4ccsc4c3-c3ccc(F)cc3OCCOC)sc2C1. The van der Waals surface area contributed by atoms with Crippen molar-refractivity contribution in [3.63, 3.8) is 0 Å². The Labute approximate surface area is 242 Å². The first-order valence-electron chi connectivity index (χ1n) is 12.9. The smallest absolute Gasteiger partial charge is 0.247 e. The molecule has 0 aliphatic carbocycles. The van der Waals surface area contributed by atoms with Gasteiger partial charge in [0.05, 0.1) is 24.5 Å². The van der Waals surface area contributed by atoms with Crippen LogP contribution in [0.4, 0.5) is 4.39 Å². The Morgan fingerprint density at radius 1 is 1.20 bits per heavy atom. The van der Waals surface area contributed by atoms with Crippen LogP contribution in [0.3, 0.4) is 0 Å². The van der Waals surface area contributed by atoms with Crippen molar-refractivity contribution in [2.75, 3.05) is 26.9 Å². The number of benzene rings is 1. The highest BCUT2D eigenvalue weighted by molar-refractivity contribution is 7.18. The summed E-state index contributed by atoms with van der Waals surface area (Å²) in [4.78, 5) is 39.7. The van der Waals surface area contributed by atoms with Crippen LogP contribution in [0.25, 0.3) is 43.2 Å². The highest BCUT2D eigenvalue weighted by Gasteiger charge is 2.27. The van der Waals surface area contributed by atoms with E-state index in [1.807, 2.05) is 11.4 Å².